The summed E-state index contributed by atoms with van der Waals surface area (Å²) in [5.41, 5.74) is 6.96. The number of rotatable bonds is 7. The highest BCUT2D eigenvalue weighted by molar-refractivity contribution is 5.95. The van der Waals surface area contributed by atoms with Crippen molar-refractivity contribution in [1.29, 1.82) is 10.5 Å². The summed E-state index contributed by atoms with van der Waals surface area (Å²) in [4.78, 5) is 15.5. The van der Waals surface area contributed by atoms with Gasteiger partial charge < -0.3 is 9.88 Å². The van der Waals surface area contributed by atoms with E-state index in [1.54, 1.807) is 18.6 Å². The van der Waals surface area contributed by atoms with Gasteiger partial charge in [0.25, 0.3) is 0 Å². The fourth-order valence-electron chi connectivity index (χ4n) is 8.83. The molecule has 0 amide bonds. The summed E-state index contributed by atoms with van der Waals surface area (Å²) < 4.78 is 57.9. The molecule has 9 nitrogen and oxygen atoms in total. The van der Waals surface area contributed by atoms with E-state index < -0.39 is 23.2 Å². The average molecular weight is 728 g/mol. The predicted octanol–water partition coefficient (Wildman–Crippen LogP) is 7.61. The Morgan fingerprint density at radius 3 is 2.54 bits per heavy atom. The lowest BCUT2D eigenvalue weighted by molar-refractivity contribution is -0.143. The van der Waals surface area contributed by atoms with Gasteiger partial charge in [-0.25, -0.2) is 14.4 Å². The molecule has 1 aliphatic carbocycles. The first kappa shape index (κ1) is 33.8. The van der Waals surface area contributed by atoms with E-state index in [9.17, 15) is 23.7 Å². The van der Waals surface area contributed by atoms with E-state index in [0.29, 0.717) is 30.7 Å². The molecule has 4 aromatic heterocycles. The molecule has 2 fully saturated rings. The molecule has 54 heavy (non-hydrogen) atoms. The fraction of sp³-hybridized carbons (Fsp3) is 0.293. The average Bonchev–Trinajstić information content (AvgIpc) is 3.92. The summed E-state index contributed by atoms with van der Waals surface area (Å²) in [7, 11) is 0. The Hall–Kier alpha value is -6.05. The molecular weight excluding hydrogens is 695 g/mol. The van der Waals surface area contributed by atoms with Crippen molar-refractivity contribution in [3.8, 4) is 34.4 Å². The fourth-order valence-corrected chi connectivity index (χ4v) is 8.83. The molecule has 1 N–H and O–H groups in total. The molecule has 0 unspecified atom stereocenters. The number of H-pyrrole nitrogens is 1. The van der Waals surface area contributed by atoms with Crippen molar-refractivity contribution in [1.82, 2.24) is 29.6 Å². The molecule has 2 saturated heterocycles. The second-order valence-electron chi connectivity index (χ2n) is 14.5. The molecule has 3 aliphatic rings. The monoisotopic (exact) mass is 727 g/mol. The van der Waals surface area contributed by atoms with Crippen molar-refractivity contribution in [3.05, 3.63) is 119 Å². The van der Waals surface area contributed by atoms with Gasteiger partial charge in [0, 0.05) is 92.1 Å². The van der Waals surface area contributed by atoms with Crippen LogP contribution in [0, 0.1) is 28.5 Å². The van der Waals surface area contributed by atoms with Crippen LogP contribution in [-0.2, 0) is 24.6 Å². The van der Waals surface area contributed by atoms with Gasteiger partial charge in [0.15, 0.2) is 11.5 Å². The van der Waals surface area contributed by atoms with Crippen LogP contribution in [-0.4, -0.2) is 61.9 Å². The smallest absolute Gasteiger partial charge is 0.371 e. The van der Waals surface area contributed by atoms with Crippen molar-refractivity contribution in [2.24, 2.45) is 0 Å². The number of benzene rings is 2. The Bertz CT molecular complexity index is 2510. The van der Waals surface area contributed by atoms with E-state index in [4.69, 9.17) is 5.10 Å². The number of aromatic amines is 1. The molecule has 2 aromatic carbocycles. The van der Waals surface area contributed by atoms with Gasteiger partial charge in [-0.2, -0.15) is 28.8 Å². The number of anilines is 1. The van der Waals surface area contributed by atoms with Crippen molar-refractivity contribution in [2.75, 3.05) is 31.1 Å². The molecule has 0 saturated carbocycles. The molecule has 0 atom stereocenters. The van der Waals surface area contributed by atoms with E-state index in [-0.39, 0.29) is 24.4 Å². The van der Waals surface area contributed by atoms with Crippen molar-refractivity contribution in [3.63, 3.8) is 0 Å². The minimum atomic E-state index is -4.89. The third-order valence-electron chi connectivity index (χ3n) is 11.4. The molecule has 13 heteroatoms. The topological polar surface area (TPSA) is 113 Å². The molecule has 6 aromatic rings. The summed E-state index contributed by atoms with van der Waals surface area (Å²) >= 11 is 0. The van der Waals surface area contributed by atoms with Gasteiger partial charge in [0.05, 0.1) is 24.3 Å². The number of halogens is 4. The largest absolute Gasteiger partial charge is 0.436 e. The minimum Gasteiger partial charge on any atom is -0.371 e. The quantitative estimate of drug-likeness (QED) is 0.168. The van der Waals surface area contributed by atoms with E-state index >= 15 is 4.39 Å². The van der Waals surface area contributed by atoms with E-state index in [0.717, 1.165) is 76.6 Å². The number of fused-ring (bicyclic) bond motifs is 4. The predicted molar refractivity (Wildman–Crippen MR) is 194 cm³/mol. The lowest BCUT2D eigenvalue weighted by Gasteiger charge is -2.54. The number of nitrogens with zero attached hydrogens (tertiary/aromatic N) is 8. The van der Waals surface area contributed by atoms with Gasteiger partial charge in [-0.3, -0.25) is 9.58 Å². The number of piperidine rings is 1. The molecule has 6 heterocycles. The van der Waals surface area contributed by atoms with Crippen LogP contribution in [0.3, 0.4) is 0 Å². The zero-order valence-corrected chi connectivity index (χ0v) is 29.0. The highest BCUT2D eigenvalue weighted by atomic mass is 19.4. The maximum Gasteiger partial charge on any atom is 0.436 e. The third kappa shape index (κ3) is 5.50. The molecule has 0 spiro atoms. The normalized spacial score (nSPS) is 16.8. The third-order valence-corrected chi connectivity index (χ3v) is 11.4. The summed E-state index contributed by atoms with van der Waals surface area (Å²) in [6.07, 6.45) is 5.85. The Labute approximate surface area is 308 Å². The number of hydrogen-bond donors (Lipinski definition) is 1. The maximum absolute atomic E-state index is 15.3. The zero-order valence-electron chi connectivity index (χ0n) is 29.0. The van der Waals surface area contributed by atoms with Gasteiger partial charge >= 0.3 is 6.18 Å². The molecular formula is C41H33F4N9. The second kappa shape index (κ2) is 12.8. The number of likely N-dealkylation sites (tertiary alicyclic amines) is 1. The first-order chi connectivity index (χ1) is 26.2. The highest BCUT2D eigenvalue weighted by Gasteiger charge is 2.48. The molecule has 270 valence electrons. The van der Waals surface area contributed by atoms with Crippen LogP contribution < -0.4 is 4.90 Å². The van der Waals surface area contributed by atoms with Crippen LogP contribution in [0.4, 0.5) is 23.2 Å². The highest BCUT2D eigenvalue weighted by Crippen LogP contribution is 2.45. The first-order valence-electron chi connectivity index (χ1n) is 17.9. The van der Waals surface area contributed by atoms with Crippen LogP contribution in [0.25, 0.3) is 33.3 Å². The summed E-state index contributed by atoms with van der Waals surface area (Å²) in [6.45, 7) is 2.74. The lowest BCUT2D eigenvalue weighted by Crippen LogP contribution is -2.66. The van der Waals surface area contributed by atoms with Gasteiger partial charge in [-0.05, 0) is 58.4 Å². The van der Waals surface area contributed by atoms with Crippen LogP contribution in [0.15, 0.2) is 79.5 Å². The number of alkyl halides is 3. The van der Waals surface area contributed by atoms with E-state index in [2.05, 4.69) is 49.0 Å². The molecule has 2 aliphatic heterocycles. The Balaban J connectivity index is 0.959. The summed E-state index contributed by atoms with van der Waals surface area (Å²) in [6, 6.07) is 20.3. The molecule has 0 bridgehead atoms. The number of aromatic nitrogens is 5. The second-order valence-corrected chi connectivity index (χ2v) is 14.5. The number of nitriles is 2. The minimum absolute atomic E-state index is 0.00986. The number of nitrogens with one attached hydrogen (secondary N) is 1. The van der Waals surface area contributed by atoms with Gasteiger partial charge in [0.1, 0.15) is 17.3 Å². The van der Waals surface area contributed by atoms with Gasteiger partial charge in [0.2, 0.25) is 0 Å². The van der Waals surface area contributed by atoms with Crippen molar-refractivity contribution >= 4 is 16.7 Å². The Kier molecular flexibility index (Phi) is 8.01. The standard InChI is InChI=1S/C41H33F4N9/c42-36-26(7-13-48-38(36)41(43,44)45)17-27-5-6-32-31-4-2-1-3-25(31)18-34(32)37(27)52-15-9-30(10-16-52)53-23-40(24-53,11-12-46)54-22-29(21-51-54)35-28(19-47)20-50-39-33(35)8-14-49-39/h1-8,13-14,20-22,30H,9-11,15-18,23-24H2,(H,49,50). The van der Waals surface area contributed by atoms with Crippen molar-refractivity contribution in [2.45, 2.75) is 49.9 Å². The van der Waals surface area contributed by atoms with E-state index in [1.807, 2.05) is 41.2 Å². The van der Waals surface area contributed by atoms with E-state index in [1.165, 1.54) is 11.6 Å². The lowest BCUT2D eigenvalue weighted by atomic mass is 9.83. The first-order valence-corrected chi connectivity index (χ1v) is 17.9. The molecule has 9 rings (SSSR count). The Morgan fingerprint density at radius 2 is 1.76 bits per heavy atom. The molecule has 0 radical (unpaired) electrons. The zero-order chi connectivity index (χ0) is 37.2. The SMILES string of the molecule is N#CCC1(n2cc(-c3c(C#N)cnc4[nH]ccc34)cn2)CN(C2CCN(c3c(Cc4ccnc(C(F)(F)F)c4F)ccc4c3Cc3ccccc3-4)CC2)C1. The van der Waals surface area contributed by atoms with Crippen LogP contribution in [0.2, 0.25) is 0 Å². The summed E-state index contributed by atoms with van der Waals surface area (Å²) in [5, 5.41) is 25.3. The number of hydrogen-bond acceptors (Lipinski definition) is 7. The van der Waals surface area contributed by atoms with Crippen LogP contribution in [0.1, 0.15) is 52.8 Å². The van der Waals surface area contributed by atoms with Crippen LogP contribution >= 0.6 is 0 Å². The van der Waals surface area contributed by atoms with Gasteiger partial charge in [-0.15, -0.1) is 0 Å². The van der Waals surface area contributed by atoms with Crippen LogP contribution in [0.5, 0.6) is 0 Å². The van der Waals surface area contributed by atoms with Gasteiger partial charge in [-0.1, -0.05) is 36.4 Å². The number of pyridine rings is 2. The maximum atomic E-state index is 15.3. The summed E-state index contributed by atoms with van der Waals surface area (Å²) in [5.74, 6) is -1.33. The van der Waals surface area contributed by atoms with Crippen molar-refractivity contribution < 1.29 is 17.6 Å². The Morgan fingerprint density at radius 1 is 0.944 bits per heavy atom.